The van der Waals surface area contributed by atoms with Crippen LogP contribution in [-0.2, 0) is 0 Å². The Balaban J connectivity index is 2.71. The van der Waals surface area contributed by atoms with Gasteiger partial charge in [-0.2, -0.15) is 13.2 Å². The van der Waals surface area contributed by atoms with E-state index >= 15 is 0 Å². The molecule has 0 spiro atoms. The monoisotopic (exact) mass is 211 g/mol. The summed E-state index contributed by atoms with van der Waals surface area (Å²) in [5.74, 6) is 0. The molecule has 12 heavy (non-hydrogen) atoms. The van der Waals surface area contributed by atoms with Crippen LogP contribution < -0.4 is 0 Å². The average Bonchev–Trinajstić information content (AvgIpc) is 1.91. The van der Waals surface area contributed by atoms with Crippen LogP contribution in [0.2, 0.25) is 5.02 Å². The van der Waals surface area contributed by atoms with Crippen molar-refractivity contribution in [1.82, 2.24) is 0 Å². The number of halogens is 4. The first-order valence-electron chi connectivity index (χ1n) is 2.99. The lowest BCUT2D eigenvalue weighted by Crippen LogP contribution is -1.98. The van der Waals surface area contributed by atoms with Crippen molar-refractivity contribution in [1.29, 1.82) is 0 Å². The minimum Gasteiger partial charge on any atom is -0.160 e. The van der Waals surface area contributed by atoms with Gasteiger partial charge in [-0.15, -0.1) is 0 Å². The Morgan fingerprint density at radius 3 is 2.00 bits per heavy atom. The lowest BCUT2D eigenvalue weighted by atomic mass is 10.4. The fourth-order valence-electron chi connectivity index (χ4n) is 0.636. The quantitative estimate of drug-likeness (QED) is 0.634. The van der Waals surface area contributed by atoms with Gasteiger partial charge in [0.1, 0.15) is 0 Å². The molecule has 0 amide bonds. The largest absolute Gasteiger partial charge is 0.446 e. The van der Waals surface area contributed by atoms with Crippen LogP contribution in [0.3, 0.4) is 0 Å². The Hall–Kier alpha value is -0.350. The van der Waals surface area contributed by atoms with E-state index in [1.165, 1.54) is 24.3 Å². The van der Waals surface area contributed by atoms with Crippen molar-refractivity contribution in [3.8, 4) is 0 Å². The van der Waals surface area contributed by atoms with E-state index in [-0.39, 0.29) is 16.7 Å². The molecule has 0 radical (unpaired) electrons. The first-order chi connectivity index (χ1) is 5.47. The molecule has 0 bridgehead atoms. The van der Waals surface area contributed by atoms with Gasteiger partial charge >= 0.3 is 5.51 Å². The third-order valence-corrected chi connectivity index (χ3v) is 2.04. The highest BCUT2D eigenvalue weighted by Gasteiger charge is 2.28. The highest BCUT2D eigenvalue weighted by molar-refractivity contribution is 8.00. The van der Waals surface area contributed by atoms with Crippen molar-refractivity contribution in [3.05, 3.63) is 29.3 Å². The third kappa shape index (κ3) is 3.36. The topological polar surface area (TPSA) is 0 Å². The molecule has 1 aromatic rings. The van der Waals surface area contributed by atoms with Crippen LogP contribution in [-0.4, -0.2) is 5.51 Å². The molecule has 66 valence electrons. The fraction of sp³-hybridized carbons (Fsp3) is 0.143. The molecular weight excluding hydrogens is 208 g/mol. The van der Waals surface area contributed by atoms with Crippen molar-refractivity contribution < 1.29 is 13.2 Å². The Morgan fingerprint density at radius 2 is 1.58 bits per heavy atom. The smallest absolute Gasteiger partial charge is 0.160 e. The van der Waals surface area contributed by atoms with Crippen molar-refractivity contribution in [2.75, 3.05) is 0 Å². The minimum atomic E-state index is -4.23. The summed E-state index contributed by atoms with van der Waals surface area (Å²) in [7, 11) is 0. The second-order valence-electron chi connectivity index (χ2n) is 2.00. The first-order valence-corrected chi connectivity index (χ1v) is 4.18. The van der Waals surface area contributed by atoms with Crippen LogP contribution in [0.1, 0.15) is 0 Å². The van der Waals surface area contributed by atoms with Crippen LogP contribution in [0.4, 0.5) is 13.2 Å². The molecule has 0 aliphatic heterocycles. The van der Waals surface area contributed by atoms with Crippen molar-refractivity contribution in [2.24, 2.45) is 0 Å². The summed E-state index contributed by atoms with van der Waals surface area (Å²) in [5.41, 5.74) is -4.23. The van der Waals surface area contributed by atoms with Gasteiger partial charge in [0, 0.05) is 9.92 Å². The van der Waals surface area contributed by atoms with Gasteiger partial charge in [0.25, 0.3) is 0 Å². The fourth-order valence-corrected chi connectivity index (χ4v) is 1.30. The summed E-state index contributed by atoms with van der Waals surface area (Å²) in [5, 5.41) is 0.432. The van der Waals surface area contributed by atoms with Crippen molar-refractivity contribution in [2.45, 2.75) is 10.4 Å². The number of alkyl halides is 3. The predicted molar refractivity (Wildman–Crippen MR) is 43.4 cm³/mol. The zero-order valence-corrected chi connectivity index (χ0v) is 7.30. The molecule has 0 nitrogen and oxygen atoms in total. The van der Waals surface area contributed by atoms with E-state index in [9.17, 15) is 13.2 Å². The summed E-state index contributed by atoms with van der Waals surface area (Å²) in [6.45, 7) is 0. The number of hydrogen-bond acceptors (Lipinski definition) is 1. The molecule has 0 saturated carbocycles. The standard InChI is InChI=1S/C7H4ClF3S/c8-5-1-3-6(4-2-5)12-7(9,10)11/h1-4H/i9-1. The van der Waals surface area contributed by atoms with E-state index in [1.54, 1.807) is 0 Å². The van der Waals surface area contributed by atoms with Crippen LogP contribution in [0.15, 0.2) is 29.2 Å². The first kappa shape index (κ1) is 9.74. The van der Waals surface area contributed by atoms with Gasteiger partial charge in [-0.05, 0) is 36.0 Å². The van der Waals surface area contributed by atoms with Crippen LogP contribution in [0.5, 0.6) is 0 Å². The second-order valence-corrected chi connectivity index (χ2v) is 3.58. The molecule has 5 heteroatoms. The summed E-state index contributed by atoms with van der Waals surface area (Å²) in [6.07, 6.45) is 0. The van der Waals surface area contributed by atoms with E-state index in [4.69, 9.17) is 11.6 Å². The summed E-state index contributed by atoms with van der Waals surface area (Å²) >= 11 is 5.34. The van der Waals surface area contributed by atoms with Gasteiger partial charge in [-0.3, -0.25) is 0 Å². The van der Waals surface area contributed by atoms with Gasteiger partial charge in [-0.1, -0.05) is 11.6 Å². The Labute approximate surface area is 76.7 Å². The van der Waals surface area contributed by atoms with Gasteiger partial charge in [0.05, 0.1) is 0 Å². The van der Waals surface area contributed by atoms with Crippen molar-refractivity contribution >= 4 is 23.4 Å². The Bertz CT molecular complexity index is 254. The van der Waals surface area contributed by atoms with Gasteiger partial charge in [0.15, 0.2) is 0 Å². The zero-order chi connectivity index (χ0) is 9.19. The van der Waals surface area contributed by atoms with E-state index < -0.39 is 5.51 Å². The molecule has 0 aromatic heterocycles. The molecule has 0 aliphatic carbocycles. The highest BCUT2D eigenvalue weighted by Crippen LogP contribution is 2.36. The number of thioether (sulfide) groups is 1. The molecule has 0 heterocycles. The molecular formula is C7H4ClF3S. The maximum Gasteiger partial charge on any atom is 0.446 e. The molecule has 0 aliphatic rings. The molecule has 0 unspecified atom stereocenters. The van der Waals surface area contributed by atoms with E-state index in [0.29, 0.717) is 5.02 Å². The predicted octanol–water partition coefficient (Wildman–Crippen LogP) is 3.95. The lowest BCUT2D eigenvalue weighted by Gasteiger charge is -2.04. The molecule has 1 rings (SSSR count). The normalized spacial score (nSPS) is 11.7. The third-order valence-electron chi connectivity index (χ3n) is 1.05. The molecule has 1 aromatic carbocycles. The molecule has 0 saturated heterocycles. The maximum atomic E-state index is 11.8. The summed E-state index contributed by atoms with van der Waals surface area (Å²) in [4.78, 5) is 0.145. The van der Waals surface area contributed by atoms with Crippen LogP contribution >= 0.6 is 23.4 Å². The van der Waals surface area contributed by atoms with Crippen LogP contribution in [0.25, 0.3) is 0 Å². The molecule has 0 fully saturated rings. The number of hydrogen-bond donors (Lipinski definition) is 0. The number of rotatable bonds is 1. The summed E-state index contributed by atoms with van der Waals surface area (Å²) in [6, 6.07) is 5.52. The number of benzene rings is 1. The van der Waals surface area contributed by atoms with Crippen LogP contribution in [0, 0.1) is 0 Å². The van der Waals surface area contributed by atoms with E-state index in [2.05, 4.69) is 0 Å². The molecule has 0 atom stereocenters. The second kappa shape index (κ2) is 3.58. The van der Waals surface area contributed by atoms with Gasteiger partial charge in [-0.25, -0.2) is 0 Å². The van der Waals surface area contributed by atoms with Crippen molar-refractivity contribution in [3.63, 3.8) is 0 Å². The SMILES string of the molecule is FC(F)([18F])Sc1ccc(Cl)cc1. The van der Waals surface area contributed by atoms with E-state index in [0.717, 1.165) is 0 Å². The van der Waals surface area contributed by atoms with E-state index in [1.807, 2.05) is 0 Å². The Kier molecular flexibility index (Phi) is 2.90. The van der Waals surface area contributed by atoms with Gasteiger partial charge in [0.2, 0.25) is 0 Å². The Morgan fingerprint density at radius 1 is 1.08 bits per heavy atom. The highest BCUT2D eigenvalue weighted by atomic mass is 35.5. The lowest BCUT2D eigenvalue weighted by molar-refractivity contribution is -0.0328. The minimum absolute atomic E-state index is 0.145. The zero-order valence-electron chi connectivity index (χ0n) is 5.73. The maximum absolute atomic E-state index is 11.8. The average molecular weight is 212 g/mol. The summed E-state index contributed by atoms with van der Waals surface area (Å²) < 4.78 is 35.3. The molecule has 0 N–H and O–H groups in total. The van der Waals surface area contributed by atoms with Gasteiger partial charge < -0.3 is 0 Å².